The van der Waals surface area contributed by atoms with Crippen LogP contribution in [0.25, 0.3) is 0 Å². The number of nitrogens with zero attached hydrogens (tertiary/aromatic N) is 3. The number of hydrogen-bond donors (Lipinski definition) is 2. The first-order valence-electron chi connectivity index (χ1n) is 9.04. The van der Waals surface area contributed by atoms with Crippen LogP contribution in [0.4, 0.5) is 15.2 Å². The second kappa shape index (κ2) is 10.5. The molecule has 0 fully saturated rings. The lowest BCUT2D eigenvalue weighted by Crippen LogP contribution is -2.28. The Morgan fingerprint density at radius 3 is 2.58 bits per heavy atom. The highest BCUT2D eigenvalue weighted by atomic mass is 35.5. The molecule has 164 valence electrons. The predicted octanol–water partition coefficient (Wildman–Crippen LogP) is 5.18. The van der Waals surface area contributed by atoms with E-state index in [4.69, 9.17) is 23.2 Å². The van der Waals surface area contributed by atoms with E-state index in [2.05, 4.69) is 15.5 Å². The Bertz CT molecular complexity index is 1110. The van der Waals surface area contributed by atoms with Gasteiger partial charge >= 0.3 is 0 Å². The number of rotatable bonds is 8. The molecule has 0 aliphatic heterocycles. The van der Waals surface area contributed by atoms with Crippen molar-refractivity contribution in [2.24, 2.45) is 0 Å². The van der Waals surface area contributed by atoms with Gasteiger partial charge in [-0.25, -0.2) is 8.60 Å². The second-order valence-electron chi connectivity index (χ2n) is 6.35. The average molecular weight is 503 g/mol. The fraction of sp³-hybridized carbons (Fsp3) is 0.211. The Morgan fingerprint density at radius 2 is 1.94 bits per heavy atom. The third-order valence-electron chi connectivity index (χ3n) is 4.14. The molecule has 2 N–H and O–H groups in total. The molecule has 7 nitrogen and oxygen atoms in total. The maximum absolute atomic E-state index is 15.1. The van der Waals surface area contributed by atoms with Gasteiger partial charge in [0.05, 0.1) is 16.3 Å². The smallest absolute Gasteiger partial charge is 0.262 e. The van der Waals surface area contributed by atoms with Crippen molar-refractivity contribution in [1.29, 1.82) is 0 Å². The molecule has 1 heterocycles. The van der Waals surface area contributed by atoms with Crippen LogP contribution >= 0.6 is 34.5 Å². The summed E-state index contributed by atoms with van der Waals surface area (Å²) in [5.41, 5.74) is 0.325. The number of hydrogen-bond acceptors (Lipinski definition) is 5. The Labute approximate surface area is 194 Å². The normalized spacial score (nSPS) is 11.9. The van der Waals surface area contributed by atoms with Gasteiger partial charge in [0.25, 0.3) is 17.2 Å². The summed E-state index contributed by atoms with van der Waals surface area (Å²) in [6.45, 7) is 1.89. The molecule has 0 saturated carbocycles. The van der Waals surface area contributed by atoms with E-state index < -0.39 is 28.6 Å². The highest BCUT2D eigenvalue weighted by Gasteiger charge is 2.25. The molecule has 1 unspecified atom stereocenters. The van der Waals surface area contributed by atoms with Gasteiger partial charge in [-0.2, -0.15) is 0 Å². The maximum Gasteiger partial charge on any atom is 0.262 e. The highest BCUT2D eigenvalue weighted by molar-refractivity contribution is 7.80. The number of aromatic nitrogens is 2. The molecule has 12 heteroatoms. The molecule has 1 atom stereocenters. The van der Waals surface area contributed by atoms with Crippen LogP contribution in [0.5, 0.6) is 0 Å². The van der Waals surface area contributed by atoms with Crippen LogP contribution in [0.2, 0.25) is 10.0 Å². The van der Waals surface area contributed by atoms with Crippen LogP contribution < -0.4 is 9.62 Å². The van der Waals surface area contributed by atoms with Gasteiger partial charge in [0.1, 0.15) is 5.01 Å². The number of nitrogens with one attached hydrogen (secondary N) is 1. The number of anilines is 2. The van der Waals surface area contributed by atoms with Crippen molar-refractivity contribution in [3.63, 3.8) is 0 Å². The summed E-state index contributed by atoms with van der Waals surface area (Å²) in [5.74, 6) is -1.83. The molecule has 0 saturated heterocycles. The van der Waals surface area contributed by atoms with Crippen molar-refractivity contribution in [3.05, 3.63) is 68.4 Å². The summed E-state index contributed by atoms with van der Waals surface area (Å²) in [6.07, 6.45) is 0.987. The molecule has 3 rings (SSSR count). The minimum absolute atomic E-state index is 0.118. The fourth-order valence-electron chi connectivity index (χ4n) is 2.74. The molecule has 0 aliphatic carbocycles. The molecule has 31 heavy (non-hydrogen) atoms. The van der Waals surface area contributed by atoms with Gasteiger partial charge in [-0.05, 0) is 36.2 Å². The van der Waals surface area contributed by atoms with Crippen LogP contribution in [0.15, 0.2) is 36.4 Å². The standard InChI is InChI=1S/C19H17Cl2FN4O3S2/c1-2-9-26(31(28)29)14-8-7-13(21)16(17(14)22)18(27)23-19-25-24-15(30-19)10-11-3-5-12(20)6-4-11/h3-8H,2,9-10H2,1H3,(H,28,29)(H,23,25,27). The van der Waals surface area contributed by atoms with Gasteiger partial charge in [-0.3, -0.25) is 19.0 Å². The number of benzene rings is 2. The van der Waals surface area contributed by atoms with E-state index in [1.807, 2.05) is 12.1 Å². The predicted molar refractivity (Wildman–Crippen MR) is 122 cm³/mol. The molecular formula is C19H17Cl2FN4O3S2. The number of carbonyl (C=O) groups excluding carboxylic acids is 1. The molecular weight excluding hydrogens is 486 g/mol. The Balaban J connectivity index is 1.80. The lowest BCUT2D eigenvalue weighted by Gasteiger charge is -2.21. The summed E-state index contributed by atoms with van der Waals surface area (Å²) < 4.78 is 37.1. The van der Waals surface area contributed by atoms with E-state index in [9.17, 15) is 13.6 Å². The van der Waals surface area contributed by atoms with Gasteiger partial charge in [0.15, 0.2) is 5.82 Å². The fourth-order valence-corrected chi connectivity index (χ4v) is 4.51. The summed E-state index contributed by atoms with van der Waals surface area (Å²) in [5, 5.41) is 11.7. The lowest BCUT2D eigenvalue weighted by atomic mass is 10.1. The molecule has 2 aromatic carbocycles. The minimum atomic E-state index is -2.46. The van der Waals surface area contributed by atoms with E-state index in [1.54, 1.807) is 19.1 Å². The van der Waals surface area contributed by atoms with Gasteiger partial charge in [-0.1, -0.05) is 53.6 Å². The van der Waals surface area contributed by atoms with E-state index in [-0.39, 0.29) is 22.4 Å². The zero-order chi connectivity index (χ0) is 22.5. The van der Waals surface area contributed by atoms with E-state index in [0.29, 0.717) is 22.9 Å². The van der Waals surface area contributed by atoms with Gasteiger partial charge < -0.3 is 0 Å². The second-order valence-corrected chi connectivity index (χ2v) is 9.15. The molecule has 0 aliphatic rings. The average Bonchev–Trinajstić information content (AvgIpc) is 3.15. The van der Waals surface area contributed by atoms with Crippen LogP contribution in [0.3, 0.4) is 0 Å². The largest absolute Gasteiger partial charge is 0.296 e. The van der Waals surface area contributed by atoms with Crippen molar-refractivity contribution in [1.82, 2.24) is 10.2 Å². The topological polar surface area (TPSA) is 95.4 Å². The first-order valence-corrected chi connectivity index (χ1v) is 11.7. The van der Waals surface area contributed by atoms with Gasteiger partial charge in [0.2, 0.25) is 5.13 Å². The van der Waals surface area contributed by atoms with Crippen molar-refractivity contribution < 1.29 is 17.9 Å². The third-order valence-corrected chi connectivity index (χ3v) is 6.30. The first kappa shape index (κ1) is 23.6. The van der Waals surface area contributed by atoms with Crippen molar-refractivity contribution in [3.8, 4) is 0 Å². The Morgan fingerprint density at radius 1 is 1.23 bits per heavy atom. The van der Waals surface area contributed by atoms with Gasteiger partial charge in [-0.15, -0.1) is 10.2 Å². The van der Waals surface area contributed by atoms with Crippen molar-refractivity contribution in [2.45, 2.75) is 19.8 Å². The zero-order valence-corrected chi connectivity index (χ0v) is 19.3. The van der Waals surface area contributed by atoms with Crippen LogP contribution in [0.1, 0.15) is 34.3 Å². The first-order chi connectivity index (χ1) is 14.8. The maximum atomic E-state index is 15.1. The third kappa shape index (κ3) is 5.78. The monoisotopic (exact) mass is 502 g/mol. The molecule has 3 aromatic rings. The van der Waals surface area contributed by atoms with E-state index in [0.717, 1.165) is 21.2 Å². The van der Waals surface area contributed by atoms with Gasteiger partial charge in [0, 0.05) is 18.0 Å². The SMILES string of the molecule is CCCN(c1ccc(Cl)c(C(=O)Nc2nnc(Cc3ccc(Cl)cc3)s2)c1F)S(=O)O. The summed E-state index contributed by atoms with van der Waals surface area (Å²) >= 11 is 10.6. The molecule has 0 spiro atoms. The van der Waals surface area contributed by atoms with Crippen LogP contribution in [-0.2, 0) is 17.7 Å². The summed E-state index contributed by atoms with van der Waals surface area (Å²) in [7, 11) is 0. The molecule has 1 aromatic heterocycles. The molecule has 0 bridgehead atoms. The lowest BCUT2D eigenvalue weighted by molar-refractivity contribution is 0.102. The van der Waals surface area contributed by atoms with Crippen LogP contribution in [-0.4, -0.2) is 31.4 Å². The molecule has 1 amide bonds. The van der Waals surface area contributed by atoms with E-state index in [1.165, 1.54) is 12.1 Å². The summed E-state index contributed by atoms with van der Waals surface area (Å²) in [4.78, 5) is 12.7. The quantitative estimate of drug-likeness (QED) is 0.413. The van der Waals surface area contributed by atoms with Crippen LogP contribution in [0, 0.1) is 5.82 Å². The number of carbonyl (C=O) groups is 1. The minimum Gasteiger partial charge on any atom is -0.296 e. The summed E-state index contributed by atoms with van der Waals surface area (Å²) in [6, 6.07) is 9.80. The zero-order valence-electron chi connectivity index (χ0n) is 16.1. The highest BCUT2D eigenvalue weighted by Crippen LogP contribution is 2.30. The Kier molecular flexibility index (Phi) is 7.95. The van der Waals surface area contributed by atoms with Crippen molar-refractivity contribution in [2.75, 3.05) is 16.2 Å². The Hall–Kier alpha value is -2.11. The molecule has 0 radical (unpaired) electrons. The number of amides is 1. The van der Waals surface area contributed by atoms with Crippen molar-refractivity contribution >= 4 is 62.5 Å². The number of halogens is 3. The van der Waals surface area contributed by atoms with E-state index >= 15 is 4.39 Å².